The molecule has 0 saturated heterocycles. The SMILES string of the molecule is CCCNC(=S)NN=Cc1ccccn1.[Cl][Cu][Cl]. The van der Waals surface area contributed by atoms with Crippen molar-refractivity contribution in [2.45, 2.75) is 13.3 Å². The Balaban J connectivity index is 0.000000873. The molecule has 0 aliphatic carbocycles. The van der Waals surface area contributed by atoms with E-state index in [0.717, 1.165) is 31.8 Å². The summed E-state index contributed by atoms with van der Waals surface area (Å²) in [4.78, 5) is 4.08. The third-order valence-corrected chi connectivity index (χ3v) is 1.82. The number of aromatic nitrogens is 1. The van der Waals surface area contributed by atoms with Gasteiger partial charge in [0, 0.05) is 12.7 Å². The number of hydrazone groups is 1. The Morgan fingerprint density at radius 2 is 2.28 bits per heavy atom. The number of nitrogens with zero attached hydrogens (tertiary/aromatic N) is 2. The van der Waals surface area contributed by atoms with E-state index in [-0.39, 0.29) is 0 Å². The average molecular weight is 357 g/mol. The standard InChI is InChI=1S/C10H14N4S.2ClH.Cu/c1-2-6-12-10(15)14-13-8-9-5-3-4-7-11-9;;;/h3-5,7-8H,2,6H2,1H3,(H2,12,14,15);2*1H;/q;;;+2/p-2. The summed E-state index contributed by atoms with van der Waals surface area (Å²) in [6.45, 7) is 2.93. The first kappa shape index (κ1) is 17.6. The third-order valence-electron chi connectivity index (χ3n) is 1.59. The molecule has 0 unspecified atom stereocenters. The summed E-state index contributed by atoms with van der Waals surface area (Å²) in [6.07, 6.45) is 4.38. The van der Waals surface area contributed by atoms with Crippen LogP contribution in [0.15, 0.2) is 29.5 Å². The molecule has 0 fully saturated rings. The molecule has 18 heavy (non-hydrogen) atoms. The van der Waals surface area contributed by atoms with Gasteiger partial charge in [-0.1, -0.05) is 13.0 Å². The van der Waals surface area contributed by atoms with Crippen molar-refractivity contribution >= 4 is 43.7 Å². The fourth-order valence-corrected chi connectivity index (χ4v) is 1.04. The van der Waals surface area contributed by atoms with Gasteiger partial charge in [-0.2, -0.15) is 5.10 Å². The van der Waals surface area contributed by atoms with Gasteiger partial charge in [0.25, 0.3) is 0 Å². The minimum atomic E-state index is 0.532. The summed E-state index contributed by atoms with van der Waals surface area (Å²) in [6, 6.07) is 5.63. The Labute approximate surface area is 127 Å². The average Bonchev–Trinajstić information content (AvgIpc) is 2.38. The van der Waals surface area contributed by atoms with Crippen molar-refractivity contribution in [3.63, 3.8) is 0 Å². The number of hydrogen-bond acceptors (Lipinski definition) is 3. The molecule has 0 aliphatic heterocycles. The molecular weight excluding hydrogens is 343 g/mol. The molecule has 0 amide bonds. The van der Waals surface area contributed by atoms with Crippen molar-refractivity contribution < 1.29 is 13.1 Å². The van der Waals surface area contributed by atoms with Crippen LogP contribution in [0.1, 0.15) is 19.0 Å². The maximum absolute atomic E-state index is 4.98. The van der Waals surface area contributed by atoms with Crippen LogP contribution in [-0.4, -0.2) is 22.9 Å². The van der Waals surface area contributed by atoms with Crippen LogP contribution in [0.4, 0.5) is 0 Å². The first-order chi connectivity index (χ1) is 8.74. The molecule has 105 valence electrons. The molecule has 4 nitrogen and oxygen atoms in total. The molecule has 0 spiro atoms. The zero-order chi connectivity index (χ0) is 13.6. The van der Waals surface area contributed by atoms with E-state index in [0.29, 0.717) is 5.11 Å². The molecule has 2 N–H and O–H groups in total. The van der Waals surface area contributed by atoms with E-state index in [4.69, 9.17) is 12.2 Å². The van der Waals surface area contributed by atoms with Crippen molar-refractivity contribution in [3.05, 3.63) is 30.1 Å². The summed E-state index contributed by atoms with van der Waals surface area (Å²) in [5.74, 6) is 0. The van der Waals surface area contributed by atoms with E-state index in [1.807, 2.05) is 18.2 Å². The molecular formula is C10H14Cl2CuN4S. The van der Waals surface area contributed by atoms with Crippen LogP contribution in [0.25, 0.3) is 0 Å². The third kappa shape index (κ3) is 10.7. The van der Waals surface area contributed by atoms with Gasteiger partial charge in [0.2, 0.25) is 0 Å². The van der Waals surface area contributed by atoms with Gasteiger partial charge in [0.05, 0.1) is 11.9 Å². The molecule has 1 rings (SSSR count). The number of hydrogen-bond donors (Lipinski definition) is 2. The quantitative estimate of drug-likeness (QED) is 0.377. The summed E-state index contributed by atoms with van der Waals surface area (Å²) in [5, 5.41) is 7.49. The Bertz CT molecular complexity index is 351. The van der Waals surface area contributed by atoms with Crippen molar-refractivity contribution in [2.75, 3.05) is 6.54 Å². The van der Waals surface area contributed by atoms with Crippen LogP contribution < -0.4 is 10.7 Å². The maximum atomic E-state index is 4.98. The fourth-order valence-electron chi connectivity index (χ4n) is 0.887. The molecule has 8 heteroatoms. The predicted octanol–water partition coefficient (Wildman–Crippen LogP) is 2.67. The van der Waals surface area contributed by atoms with Gasteiger partial charge in [-0.25, -0.2) is 0 Å². The number of nitrogens with one attached hydrogen (secondary N) is 2. The molecule has 1 heterocycles. The van der Waals surface area contributed by atoms with E-state index in [1.165, 1.54) is 0 Å². The Hall–Kier alpha value is -0.391. The van der Waals surface area contributed by atoms with Crippen LogP contribution in [0.2, 0.25) is 0 Å². The summed E-state index contributed by atoms with van der Waals surface area (Å²) < 4.78 is 0. The van der Waals surface area contributed by atoms with E-state index in [9.17, 15) is 0 Å². The van der Waals surface area contributed by atoms with Crippen molar-refractivity contribution in [2.24, 2.45) is 5.10 Å². The number of pyridine rings is 1. The van der Waals surface area contributed by atoms with Gasteiger partial charge in [0.1, 0.15) is 0 Å². The van der Waals surface area contributed by atoms with Gasteiger partial charge < -0.3 is 5.32 Å². The number of rotatable bonds is 4. The van der Waals surface area contributed by atoms with Gasteiger partial charge in [0.15, 0.2) is 5.11 Å². The number of halogens is 2. The van der Waals surface area contributed by atoms with Crippen LogP contribution >= 0.6 is 32.4 Å². The van der Waals surface area contributed by atoms with Crippen LogP contribution in [0.5, 0.6) is 0 Å². The minimum absolute atomic E-state index is 0.532. The zero-order valence-corrected chi connectivity index (χ0v) is 12.9. The fraction of sp³-hybridized carbons (Fsp3) is 0.300. The molecule has 0 atom stereocenters. The molecule has 0 radical (unpaired) electrons. The summed E-state index contributed by atoms with van der Waals surface area (Å²) in [5.41, 5.74) is 3.51. The van der Waals surface area contributed by atoms with Crippen molar-refractivity contribution in [1.82, 2.24) is 15.7 Å². The molecule has 1 aromatic heterocycles. The molecule has 0 bridgehead atoms. The van der Waals surface area contributed by atoms with Crippen LogP contribution in [0, 0.1) is 0 Å². The molecule has 0 saturated carbocycles. The van der Waals surface area contributed by atoms with Gasteiger partial charge in [-0.3, -0.25) is 10.4 Å². The number of thiocarbonyl (C=S) groups is 1. The second-order valence-electron chi connectivity index (χ2n) is 2.92. The topological polar surface area (TPSA) is 49.3 Å². The summed E-state index contributed by atoms with van der Waals surface area (Å²) >= 11 is 5.74. The second kappa shape index (κ2) is 13.1. The first-order valence-corrected chi connectivity index (χ1v) is 8.03. The molecule has 1 aromatic rings. The van der Waals surface area contributed by atoms with Crippen LogP contribution in [-0.2, 0) is 13.1 Å². The van der Waals surface area contributed by atoms with Crippen LogP contribution in [0.3, 0.4) is 0 Å². The monoisotopic (exact) mass is 355 g/mol. The van der Waals surface area contributed by atoms with E-state index in [1.54, 1.807) is 12.4 Å². The summed E-state index contributed by atoms with van der Waals surface area (Å²) in [7, 11) is 9.34. The predicted molar refractivity (Wildman–Crippen MR) is 77.6 cm³/mol. The van der Waals surface area contributed by atoms with E-state index in [2.05, 4.69) is 47.9 Å². The van der Waals surface area contributed by atoms with Gasteiger partial charge in [-0.15, -0.1) is 0 Å². The molecule has 0 aliphatic rings. The van der Waals surface area contributed by atoms with Crippen molar-refractivity contribution in [1.29, 1.82) is 0 Å². The molecule has 0 aromatic carbocycles. The van der Waals surface area contributed by atoms with Gasteiger partial charge >= 0.3 is 33.3 Å². The van der Waals surface area contributed by atoms with Crippen molar-refractivity contribution in [3.8, 4) is 0 Å². The van der Waals surface area contributed by atoms with E-state index >= 15 is 0 Å². The Morgan fingerprint density at radius 1 is 1.56 bits per heavy atom. The first-order valence-electron chi connectivity index (χ1n) is 5.03. The normalized spacial score (nSPS) is 9.72. The van der Waals surface area contributed by atoms with Gasteiger partial charge in [-0.05, 0) is 30.8 Å². The Morgan fingerprint density at radius 3 is 2.83 bits per heavy atom. The zero-order valence-electron chi connectivity index (χ0n) is 9.66. The second-order valence-corrected chi connectivity index (χ2v) is 4.89. The van der Waals surface area contributed by atoms with E-state index < -0.39 is 0 Å². The Kier molecular flexibility index (Phi) is 12.8.